The van der Waals surface area contributed by atoms with Gasteiger partial charge in [-0.05, 0) is 50.5 Å². The van der Waals surface area contributed by atoms with E-state index in [1.54, 1.807) is 0 Å². The quantitative estimate of drug-likeness (QED) is 0.808. The lowest BCUT2D eigenvalue weighted by Crippen LogP contribution is -2.33. The van der Waals surface area contributed by atoms with E-state index >= 15 is 0 Å². The first-order chi connectivity index (χ1) is 10.2. The van der Waals surface area contributed by atoms with Crippen LogP contribution in [0.2, 0.25) is 0 Å². The molecule has 1 heterocycles. The lowest BCUT2D eigenvalue weighted by atomic mass is 10.2. The first-order valence-electron chi connectivity index (χ1n) is 7.54. The Kier molecular flexibility index (Phi) is 6.02. The Morgan fingerprint density at radius 3 is 3.00 bits per heavy atom. The lowest BCUT2D eigenvalue weighted by Gasteiger charge is -2.12. The van der Waals surface area contributed by atoms with Gasteiger partial charge in [0, 0.05) is 18.8 Å². The molecule has 1 fully saturated rings. The smallest absolute Gasteiger partial charge is 0.238 e. The van der Waals surface area contributed by atoms with E-state index in [9.17, 15) is 4.79 Å². The highest BCUT2D eigenvalue weighted by molar-refractivity contribution is 5.92. The number of hydrogen-bond donors (Lipinski definition) is 2. The molecule has 0 unspecified atom stereocenters. The summed E-state index contributed by atoms with van der Waals surface area (Å²) in [7, 11) is 0. The van der Waals surface area contributed by atoms with Crippen molar-refractivity contribution >= 4 is 11.6 Å². The number of ether oxygens (including phenoxy) is 2. The zero-order valence-electron chi connectivity index (χ0n) is 12.8. The average molecular weight is 292 g/mol. The summed E-state index contributed by atoms with van der Waals surface area (Å²) in [6.07, 6.45) is 2.45. The van der Waals surface area contributed by atoms with Crippen LogP contribution in [-0.2, 0) is 9.53 Å². The first-order valence-corrected chi connectivity index (χ1v) is 7.54. The van der Waals surface area contributed by atoms with Crippen LogP contribution in [0, 0.1) is 6.92 Å². The fourth-order valence-electron chi connectivity index (χ4n) is 2.40. The minimum atomic E-state index is -0.0449. The fraction of sp³-hybridized carbons (Fsp3) is 0.562. The Morgan fingerprint density at radius 1 is 1.48 bits per heavy atom. The number of benzene rings is 1. The molecule has 1 atom stereocenters. The van der Waals surface area contributed by atoms with Crippen LogP contribution in [0.1, 0.15) is 25.3 Å². The molecule has 1 aromatic rings. The van der Waals surface area contributed by atoms with Crippen molar-refractivity contribution in [1.82, 2.24) is 5.32 Å². The Labute approximate surface area is 126 Å². The topological polar surface area (TPSA) is 59.6 Å². The average Bonchev–Trinajstić information content (AvgIpc) is 2.95. The van der Waals surface area contributed by atoms with E-state index < -0.39 is 0 Å². The molecule has 5 heteroatoms. The monoisotopic (exact) mass is 292 g/mol. The second-order valence-corrected chi connectivity index (χ2v) is 5.23. The zero-order chi connectivity index (χ0) is 15.1. The van der Waals surface area contributed by atoms with E-state index in [0.29, 0.717) is 13.2 Å². The lowest BCUT2D eigenvalue weighted by molar-refractivity contribution is -0.115. The van der Waals surface area contributed by atoms with Crippen molar-refractivity contribution < 1.29 is 14.3 Å². The third kappa shape index (κ3) is 5.02. The highest BCUT2D eigenvalue weighted by Crippen LogP contribution is 2.21. The summed E-state index contributed by atoms with van der Waals surface area (Å²) in [5.41, 5.74) is 1.81. The molecule has 0 bridgehead atoms. The number of amides is 1. The number of anilines is 1. The van der Waals surface area contributed by atoms with E-state index in [-0.39, 0.29) is 12.0 Å². The van der Waals surface area contributed by atoms with Gasteiger partial charge in [-0.15, -0.1) is 0 Å². The van der Waals surface area contributed by atoms with Gasteiger partial charge in [-0.25, -0.2) is 0 Å². The van der Waals surface area contributed by atoms with Crippen LogP contribution in [0.25, 0.3) is 0 Å². The van der Waals surface area contributed by atoms with Gasteiger partial charge in [0.2, 0.25) is 5.91 Å². The molecule has 0 spiro atoms. The van der Waals surface area contributed by atoms with E-state index in [1.165, 1.54) is 0 Å². The molecule has 2 N–H and O–H groups in total. The summed E-state index contributed by atoms with van der Waals surface area (Å²) in [6, 6.07) is 5.66. The summed E-state index contributed by atoms with van der Waals surface area (Å²) < 4.78 is 11.0. The van der Waals surface area contributed by atoms with E-state index in [4.69, 9.17) is 9.47 Å². The largest absolute Gasteiger partial charge is 0.494 e. The van der Waals surface area contributed by atoms with Crippen LogP contribution >= 0.6 is 0 Å². The molecule has 1 aliphatic heterocycles. The number of aryl methyl sites for hydroxylation is 1. The number of carbonyl (C=O) groups excluding carboxylic acids is 1. The minimum absolute atomic E-state index is 0.0449. The number of carbonyl (C=O) groups is 1. The van der Waals surface area contributed by atoms with Crippen molar-refractivity contribution in [2.45, 2.75) is 32.8 Å². The standard InChI is InChI=1S/C16H24N2O3/c1-3-20-15-7-6-13(9-12(15)2)18-16(19)11-17-10-14-5-4-8-21-14/h6-7,9,14,17H,3-5,8,10-11H2,1-2H3,(H,18,19)/t14-/m0/s1. The molecule has 0 radical (unpaired) electrons. The van der Waals surface area contributed by atoms with Crippen molar-refractivity contribution in [2.24, 2.45) is 0 Å². The Morgan fingerprint density at radius 2 is 2.33 bits per heavy atom. The van der Waals surface area contributed by atoms with Gasteiger partial charge in [0.05, 0.1) is 19.3 Å². The number of hydrogen-bond acceptors (Lipinski definition) is 4. The summed E-state index contributed by atoms with van der Waals surface area (Å²) in [5.74, 6) is 0.809. The molecule has 0 aromatic heterocycles. The maximum atomic E-state index is 11.9. The van der Waals surface area contributed by atoms with E-state index in [1.807, 2.05) is 32.0 Å². The first kappa shape index (κ1) is 15.8. The summed E-state index contributed by atoms with van der Waals surface area (Å²) in [5, 5.41) is 6.01. The van der Waals surface area contributed by atoms with Crippen molar-refractivity contribution in [3.63, 3.8) is 0 Å². The van der Waals surface area contributed by atoms with Crippen molar-refractivity contribution in [3.8, 4) is 5.75 Å². The van der Waals surface area contributed by atoms with Crippen LogP contribution in [0.5, 0.6) is 5.75 Å². The van der Waals surface area contributed by atoms with Gasteiger partial charge in [0.1, 0.15) is 5.75 Å². The predicted molar refractivity (Wildman–Crippen MR) is 82.8 cm³/mol. The molecule has 0 saturated carbocycles. The normalized spacial score (nSPS) is 17.7. The summed E-state index contributed by atoms with van der Waals surface area (Å²) in [4.78, 5) is 11.9. The van der Waals surface area contributed by atoms with Crippen molar-refractivity contribution in [3.05, 3.63) is 23.8 Å². The molecule has 0 aliphatic carbocycles. The van der Waals surface area contributed by atoms with Crippen molar-refractivity contribution in [1.29, 1.82) is 0 Å². The molecule has 1 saturated heterocycles. The highest BCUT2D eigenvalue weighted by Gasteiger charge is 2.15. The Bertz CT molecular complexity index is 471. The van der Waals surface area contributed by atoms with Gasteiger partial charge < -0.3 is 20.1 Å². The van der Waals surface area contributed by atoms with Crippen LogP contribution < -0.4 is 15.4 Å². The fourth-order valence-corrected chi connectivity index (χ4v) is 2.40. The summed E-state index contributed by atoms with van der Waals surface area (Å²) in [6.45, 7) is 6.43. The molecule has 1 amide bonds. The highest BCUT2D eigenvalue weighted by atomic mass is 16.5. The third-order valence-electron chi connectivity index (χ3n) is 3.44. The van der Waals surface area contributed by atoms with Crippen LogP contribution in [-0.4, -0.2) is 38.3 Å². The number of rotatable bonds is 7. The predicted octanol–water partition coefficient (Wildman–Crippen LogP) is 2.10. The van der Waals surface area contributed by atoms with Gasteiger partial charge >= 0.3 is 0 Å². The van der Waals surface area contributed by atoms with Crippen molar-refractivity contribution in [2.75, 3.05) is 31.6 Å². The Hall–Kier alpha value is -1.59. The van der Waals surface area contributed by atoms with Gasteiger partial charge in [-0.3, -0.25) is 4.79 Å². The molecule has 1 aromatic carbocycles. The van der Waals surface area contributed by atoms with Crippen LogP contribution in [0.3, 0.4) is 0 Å². The molecule has 2 rings (SSSR count). The van der Waals surface area contributed by atoms with E-state index in [0.717, 1.165) is 43.0 Å². The number of nitrogens with one attached hydrogen (secondary N) is 2. The summed E-state index contributed by atoms with van der Waals surface area (Å²) >= 11 is 0. The SMILES string of the molecule is CCOc1ccc(NC(=O)CNC[C@@H]2CCCO2)cc1C. The van der Waals surface area contributed by atoms with Gasteiger partial charge in [-0.1, -0.05) is 0 Å². The molecule has 21 heavy (non-hydrogen) atoms. The molecular weight excluding hydrogens is 268 g/mol. The van der Waals surface area contributed by atoms with Gasteiger partial charge in [-0.2, -0.15) is 0 Å². The van der Waals surface area contributed by atoms with E-state index in [2.05, 4.69) is 10.6 Å². The Balaban J connectivity index is 1.75. The third-order valence-corrected chi connectivity index (χ3v) is 3.44. The van der Waals surface area contributed by atoms with Crippen LogP contribution in [0.15, 0.2) is 18.2 Å². The van der Waals surface area contributed by atoms with Gasteiger partial charge in [0.15, 0.2) is 0 Å². The molecule has 1 aliphatic rings. The molecule has 5 nitrogen and oxygen atoms in total. The second-order valence-electron chi connectivity index (χ2n) is 5.23. The minimum Gasteiger partial charge on any atom is -0.494 e. The maximum absolute atomic E-state index is 11.9. The van der Waals surface area contributed by atoms with Gasteiger partial charge in [0.25, 0.3) is 0 Å². The molecule has 116 valence electrons. The van der Waals surface area contributed by atoms with Crippen LogP contribution in [0.4, 0.5) is 5.69 Å². The second kappa shape index (κ2) is 8.00. The molecular formula is C16H24N2O3. The maximum Gasteiger partial charge on any atom is 0.238 e. The zero-order valence-corrected chi connectivity index (χ0v) is 12.8.